The first-order chi connectivity index (χ1) is 8.79. The Morgan fingerprint density at radius 3 is 2.94 bits per heavy atom. The van der Waals surface area contributed by atoms with Gasteiger partial charge in [-0.15, -0.1) is 0 Å². The van der Waals surface area contributed by atoms with Crippen molar-refractivity contribution >= 4 is 33.4 Å². The van der Waals surface area contributed by atoms with Crippen LogP contribution in [0.5, 0.6) is 0 Å². The van der Waals surface area contributed by atoms with Crippen molar-refractivity contribution in [1.29, 1.82) is 0 Å². The van der Waals surface area contributed by atoms with E-state index in [1.54, 1.807) is 12.3 Å². The predicted molar refractivity (Wildman–Crippen MR) is 71.6 cm³/mol. The highest BCUT2D eigenvalue weighted by Gasteiger charge is 2.08. The molecule has 0 fully saturated rings. The van der Waals surface area contributed by atoms with Gasteiger partial charge in [0.15, 0.2) is 0 Å². The quantitative estimate of drug-likeness (QED) is 0.519. The van der Waals surface area contributed by atoms with E-state index in [-0.39, 0.29) is 6.54 Å². The number of halogens is 1. The van der Waals surface area contributed by atoms with Gasteiger partial charge >= 0.3 is 0 Å². The number of rotatable bonds is 2. The molecule has 0 amide bonds. The molecule has 0 spiro atoms. The van der Waals surface area contributed by atoms with Gasteiger partial charge < -0.3 is 0 Å². The SMILES string of the molecule is O=NCc1cc(Cl)c2ccc3cccnc3c2n1. The summed E-state index contributed by atoms with van der Waals surface area (Å²) in [5, 5.41) is 5.23. The van der Waals surface area contributed by atoms with Crippen molar-refractivity contribution in [3.05, 3.63) is 52.2 Å². The minimum Gasteiger partial charge on any atom is -0.254 e. The minimum absolute atomic E-state index is 0.0128. The maximum Gasteiger partial charge on any atom is 0.123 e. The Morgan fingerprint density at radius 1 is 1.22 bits per heavy atom. The zero-order valence-corrected chi connectivity index (χ0v) is 10.1. The number of benzene rings is 1. The van der Waals surface area contributed by atoms with E-state index in [0.717, 1.165) is 16.3 Å². The maximum atomic E-state index is 10.3. The van der Waals surface area contributed by atoms with Gasteiger partial charge in [-0.1, -0.05) is 35.0 Å². The topological polar surface area (TPSA) is 55.2 Å². The lowest BCUT2D eigenvalue weighted by atomic mass is 10.1. The number of pyridine rings is 2. The van der Waals surface area contributed by atoms with Crippen LogP contribution < -0.4 is 0 Å². The van der Waals surface area contributed by atoms with Gasteiger partial charge in [-0.05, 0) is 12.1 Å². The second-order valence-corrected chi connectivity index (χ2v) is 4.33. The van der Waals surface area contributed by atoms with E-state index in [9.17, 15) is 4.91 Å². The van der Waals surface area contributed by atoms with E-state index in [2.05, 4.69) is 15.1 Å². The van der Waals surface area contributed by atoms with E-state index < -0.39 is 0 Å². The van der Waals surface area contributed by atoms with Crippen LogP contribution in [-0.2, 0) is 6.54 Å². The highest BCUT2D eigenvalue weighted by atomic mass is 35.5. The average Bonchev–Trinajstić information content (AvgIpc) is 2.39. The van der Waals surface area contributed by atoms with Crippen molar-refractivity contribution in [2.45, 2.75) is 6.54 Å². The van der Waals surface area contributed by atoms with E-state index in [4.69, 9.17) is 11.6 Å². The van der Waals surface area contributed by atoms with Gasteiger partial charge in [0.2, 0.25) is 0 Å². The third kappa shape index (κ3) is 1.71. The fraction of sp³-hybridized carbons (Fsp3) is 0.0769. The van der Waals surface area contributed by atoms with Gasteiger partial charge in [0.1, 0.15) is 6.54 Å². The molecule has 0 atom stereocenters. The Hall–Kier alpha value is -2.07. The van der Waals surface area contributed by atoms with Crippen LogP contribution >= 0.6 is 11.6 Å². The van der Waals surface area contributed by atoms with Crippen LogP contribution in [0.2, 0.25) is 5.02 Å². The molecule has 2 heterocycles. The monoisotopic (exact) mass is 257 g/mol. The third-order valence-electron chi connectivity index (χ3n) is 2.78. The molecule has 0 aliphatic carbocycles. The van der Waals surface area contributed by atoms with Crippen LogP contribution in [0.1, 0.15) is 5.69 Å². The smallest absolute Gasteiger partial charge is 0.123 e. The van der Waals surface area contributed by atoms with Crippen LogP contribution in [-0.4, -0.2) is 9.97 Å². The van der Waals surface area contributed by atoms with Gasteiger partial charge in [0.25, 0.3) is 0 Å². The second kappa shape index (κ2) is 4.31. The van der Waals surface area contributed by atoms with E-state index in [1.165, 1.54) is 0 Å². The van der Waals surface area contributed by atoms with Crippen LogP contribution in [0.3, 0.4) is 0 Å². The summed E-state index contributed by atoms with van der Waals surface area (Å²) in [6, 6.07) is 9.36. The molecule has 0 N–H and O–H groups in total. The molecule has 3 aromatic rings. The Kier molecular flexibility index (Phi) is 2.64. The summed E-state index contributed by atoms with van der Waals surface area (Å²) in [5.41, 5.74) is 2.05. The first-order valence-electron chi connectivity index (χ1n) is 5.41. The van der Waals surface area contributed by atoms with Gasteiger partial charge in [-0.3, -0.25) is 4.98 Å². The molecule has 0 aliphatic rings. The summed E-state index contributed by atoms with van der Waals surface area (Å²) < 4.78 is 0. The Morgan fingerprint density at radius 2 is 2.11 bits per heavy atom. The molecule has 4 nitrogen and oxygen atoms in total. The average molecular weight is 258 g/mol. The minimum atomic E-state index is 0.0128. The van der Waals surface area contributed by atoms with Crippen molar-refractivity contribution < 1.29 is 0 Å². The molecular weight excluding hydrogens is 250 g/mol. The van der Waals surface area contributed by atoms with Gasteiger partial charge in [-0.2, -0.15) is 4.91 Å². The summed E-state index contributed by atoms with van der Waals surface area (Å²) in [6.07, 6.45) is 1.71. The highest BCUT2D eigenvalue weighted by Crippen LogP contribution is 2.28. The molecule has 88 valence electrons. The van der Waals surface area contributed by atoms with Crippen LogP contribution in [0, 0.1) is 4.91 Å². The molecule has 3 rings (SSSR count). The van der Waals surface area contributed by atoms with E-state index in [1.807, 2.05) is 24.3 Å². The Bertz CT molecular complexity index is 758. The lowest BCUT2D eigenvalue weighted by Gasteiger charge is -2.05. The standard InChI is InChI=1S/C13H8ClN3O/c14-11-6-9(7-16-18)17-13-10(11)4-3-8-2-1-5-15-12(8)13/h1-6H,7H2. The largest absolute Gasteiger partial charge is 0.254 e. The molecule has 0 radical (unpaired) electrons. The van der Waals surface area contributed by atoms with E-state index >= 15 is 0 Å². The van der Waals surface area contributed by atoms with Crippen molar-refractivity contribution in [3.63, 3.8) is 0 Å². The molecule has 0 unspecified atom stereocenters. The summed E-state index contributed by atoms with van der Waals surface area (Å²) >= 11 is 6.19. The molecular formula is C13H8ClN3O. The number of hydrogen-bond donors (Lipinski definition) is 0. The number of fused-ring (bicyclic) bond motifs is 3. The van der Waals surface area contributed by atoms with Crippen LogP contribution in [0.15, 0.2) is 41.7 Å². The summed E-state index contributed by atoms with van der Waals surface area (Å²) in [7, 11) is 0. The molecule has 0 saturated heterocycles. The zero-order valence-electron chi connectivity index (χ0n) is 9.30. The Balaban J connectivity index is 2.43. The number of aromatic nitrogens is 2. The van der Waals surface area contributed by atoms with Crippen LogP contribution in [0.25, 0.3) is 21.8 Å². The summed E-state index contributed by atoms with van der Waals surface area (Å²) in [5.74, 6) is 0. The molecule has 0 aliphatic heterocycles. The van der Waals surface area contributed by atoms with Crippen molar-refractivity contribution in [3.8, 4) is 0 Å². The fourth-order valence-electron chi connectivity index (χ4n) is 1.98. The molecule has 1 aromatic carbocycles. The first-order valence-corrected chi connectivity index (χ1v) is 5.79. The summed E-state index contributed by atoms with van der Waals surface area (Å²) in [6.45, 7) is 0.0128. The van der Waals surface area contributed by atoms with Crippen molar-refractivity contribution in [2.24, 2.45) is 5.18 Å². The normalized spacial score (nSPS) is 10.9. The number of hydrogen-bond acceptors (Lipinski definition) is 4. The molecule has 0 saturated carbocycles. The number of nitrogens with zero attached hydrogens (tertiary/aromatic N) is 3. The lowest BCUT2D eigenvalue weighted by molar-refractivity contribution is 0.996. The van der Waals surface area contributed by atoms with Crippen molar-refractivity contribution in [2.75, 3.05) is 0 Å². The van der Waals surface area contributed by atoms with Gasteiger partial charge in [0.05, 0.1) is 21.7 Å². The molecule has 5 heteroatoms. The second-order valence-electron chi connectivity index (χ2n) is 3.92. The van der Waals surface area contributed by atoms with Gasteiger partial charge in [0, 0.05) is 17.0 Å². The Labute approximate surface area is 108 Å². The first kappa shape index (κ1) is 11.0. The van der Waals surface area contributed by atoms with Gasteiger partial charge in [-0.25, -0.2) is 4.98 Å². The molecule has 2 aromatic heterocycles. The van der Waals surface area contributed by atoms with E-state index in [0.29, 0.717) is 16.2 Å². The molecule has 0 bridgehead atoms. The lowest BCUT2D eigenvalue weighted by Crippen LogP contribution is -1.91. The predicted octanol–water partition coefficient (Wildman–Crippen LogP) is 3.70. The highest BCUT2D eigenvalue weighted by molar-refractivity contribution is 6.36. The van der Waals surface area contributed by atoms with Crippen molar-refractivity contribution in [1.82, 2.24) is 9.97 Å². The summed E-state index contributed by atoms with van der Waals surface area (Å²) in [4.78, 5) is 19.1. The fourth-order valence-corrected chi connectivity index (χ4v) is 2.26. The number of nitroso groups, excluding NO2 is 1. The zero-order chi connectivity index (χ0) is 12.5. The molecule has 18 heavy (non-hydrogen) atoms. The third-order valence-corrected chi connectivity index (χ3v) is 3.09. The maximum absolute atomic E-state index is 10.3. The van der Waals surface area contributed by atoms with Crippen LogP contribution in [0.4, 0.5) is 0 Å².